The molecule has 0 saturated carbocycles. The number of fused-ring (bicyclic) bond motifs is 1. The lowest BCUT2D eigenvalue weighted by Gasteiger charge is -2.32. The Morgan fingerprint density at radius 2 is 1.70 bits per heavy atom. The van der Waals surface area contributed by atoms with E-state index in [9.17, 15) is 4.39 Å². The second kappa shape index (κ2) is 4.12. The van der Waals surface area contributed by atoms with Gasteiger partial charge in [-0.3, -0.25) is 9.98 Å². The molecular weight excluding hydrogens is 258 g/mol. The molecule has 2 heterocycles. The minimum Gasteiger partial charge on any atom is -0.399 e. The van der Waals surface area contributed by atoms with Gasteiger partial charge in [-0.15, -0.1) is 0 Å². The predicted octanol–water partition coefficient (Wildman–Crippen LogP) is 0.724. The van der Waals surface area contributed by atoms with Crippen LogP contribution in [0.25, 0.3) is 0 Å². The summed E-state index contributed by atoms with van der Waals surface area (Å²) in [5.74, 6) is -0.375. The Morgan fingerprint density at radius 1 is 1.10 bits per heavy atom. The number of nitrogens with zero attached hydrogens (tertiary/aromatic N) is 2. The molecule has 6 heteroatoms. The van der Waals surface area contributed by atoms with E-state index in [0.717, 1.165) is 0 Å². The summed E-state index contributed by atoms with van der Waals surface area (Å²) in [7, 11) is -0.578. The fourth-order valence-corrected chi connectivity index (χ4v) is 2.36. The molecule has 1 aromatic carbocycles. The average Bonchev–Trinajstić information content (AvgIpc) is 2.77. The van der Waals surface area contributed by atoms with E-state index in [4.69, 9.17) is 9.31 Å². The van der Waals surface area contributed by atoms with Crippen LogP contribution < -0.4 is 16.2 Å². The highest BCUT2D eigenvalue weighted by Gasteiger charge is 2.51. The summed E-state index contributed by atoms with van der Waals surface area (Å²) < 4.78 is 26.0. The standard InChI is InChI=1S/C14H18BFN2O2/c1-8-17-11-7-9(6-10(16)12(11)18-8)15-19-13(2,3)14(4,5)20-15/h6-8H,1-5H3. The van der Waals surface area contributed by atoms with Crippen molar-refractivity contribution in [1.82, 2.24) is 0 Å². The molecule has 2 aliphatic heterocycles. The summed E-state index contributed by atoms with van der Waals surface area (Å²) in [6, 6.07) is 3.23. The van der Waals surface area contributed by atoms with Crippen molar-refractivity contribution in [2.45, 2.75) is 52.0 Å². The van der Waals surface area contributed by atoms with Gasteiger partial charge in [-0.25, -0.2) is 4.39 Å². The summed E-state index contributed by atoms with van der Waals surface area (Å²) in [6.45, 7) is 9.71. The van der Waals surface area contributed by atoms with Crippen molar-refractivity contribution in [3.8, 4) is 0 Å². The number of hydrogen-bond acceptors (Lipinski definition) is 4. The topological polar surface area (TPSA) is 43.2 Å². The Balaban J connectivity index is 2.03. The predicted molar refractivity (Wildman–Crippen MR) is 73.9 cm³/mol. The monoisotopic (exact) mass is 276 g/mol. The number of halogens is 1. The third-order valence-corrected chi connectivity index (χ3v) is 4.23. The van der Waals surface area contributed by atoms with E-state index >= 15 is 0 Å². The largest absolute Gasteiger partial charge is 0.495 e. The second-order valence-corrected chi connectivity index (χ2v) is 6.35. The molecule has 0 N–H and O–H groups in total. The zero-order chi connectivity index (χ0) is 14.7. The Hall–Kier alpha value is -1.27. The van der Waals surface area contributed by atoms with Crippen molar-refractivity contribution >= 4 is 12.6 Å². The van der Waals surface area contributed by atoms with Gasteiger partial charge in [0.2, 0.25) is 0 Å². The van der Waals surface area contributed by atoms with Crippen LogP contribution in [0.2, 0.25) is 0 Å². The highest BCUT2D eigenvalue weighted by Crippen LogP contribution is 2.36. The van der Waals surface area contributed by atoms with Gasteiger partial charge in [0.25, 0.3) is 0 Å². The van der Waals surface area contributed by atoms with E-state index < -0.39 is 18.3 Å². The van der Waals surface area contributed by atoms with E-state index in [0.29, 0.717) is 16.2 Å². The molecule has 0 radical (unpaired) electrons. The molecule has 1 unspecified atom stereocenters. The van der Waals surface area contributed by atoms with Gasteiger partial charge >= 0.3 is 7.12 Å². The summed E-state index contributed by atoms with van der Waals surface area (Å²) >= 11 is 0. The molecule has 1 saturated heterocycles. The van der Waals surface area contributed by atoms with Gasteiger partial charge < -0.3 is 9.31 Å². The molecule has 1 atom stereocenters. The number of benzene rings is 1. The average molecular weight is 276 g/mol. The molecule has 0 amide bonds. The molecular formula is C14H18BFN2O2. The highest BCUT2D eigenvalue weighted by molar-refractivity contribution is 6.62. The van der Waals surface area contributed by atoms with Crippen LogP contribution in [0.3, 0.4) is 0 Å². The lowest BCUT2D eigenvalue weighted by atomic mass is 9.79. The summed E-state index contributed by atoms with van der Waals surface area (Å²) in [5.41, 5.74) is -0.239. The molecule has 106 valence electrons. The van der Waals surface area contributed by atoms with Crippen LogP contribution in [-0.2, 0) is 9.31 Å². The van der Waals surface area contributed by atoms with Crippen molar-refractivity contribution in [3.63, 3.8) is 0 Å². The van der Waals surface area contributed by atoms with Gasteiger partial charge in [0.1, 0.15) is 17.3 Å². The van der Waals surface area contributed by atoms with Gasteiger partial charge in [-0.05, 0) is 52.2 Å². The second-order valence-electron chi connectivity index (χ2n) is 6.35. The van der Waals surface area contributed by atoms with Gasteiger partial charge in [0.15, 0.2) is 0 Å². The summed E-state index contributed by atoms with van der Waals surface area (Å²) in [5, 5.41) is 0.903. The molecule has 1 aromatic rings. The van der Waals surface area contributed by atoms with Gasteiger partial charge in [-0.2, -0.15) is 0 Å². The van der Waals surface area contributed by atoms with E-state index in [2.05, 4.69) is 9.98 Å². The maximum atomic E-state index is 14.1. The first-order chi connectivity index (χ1) is 9.19. The lowest BCUT2D eigenvalue weighted by Crippen LogP contribution is -2.41. The van der Waals surface area contributed by atoms with Crippen molar-refractivity contribution in [2.75, 3.05) is 0 Å². The number of hydrogen-bond donors (Lipinski definition) is 0. The summed E-state index contributed by atoms with van der Waals surface area (Å²) in [6.07, 6.45) is -0.229. The first kappa shape index (κ1) is 13.7. The molecule has 4 nitrogen and oxygen atoms in total. The van der Waals surface area contributed by atoms with Crippen molar-refractivity contribution in [1.29, 1.82) is 0 Å². The maximum absolute atomic E-state index is 14.1. The van der Waals surface area contributed by atoms with Crippen molar-refractivity contribution in [3.05, 3.63) is 28.7 Å². The first-order valence-electron chi connectivity index (χ1n) is 6.80. The fourth-order valence-electron chi connectivity index (χ4n) is 2.36. The Morgan fingerprint density at radius 3 is 2.30 bits per heavy atom. The van der Waals surface area contributed by atoms with Crippen LogP contribution in [0.4, 0.5) is 4.39 Å². The van der Waals surface area contributed by atoms with Crippen molar-refractivity contribution < 1.29 is 13.7 Å². The summed E-state index contributed by atoms with van der Waals surface area (Å²) in [4.78, 5) is 8.45. The molecule has 1 fully saturated rings. The molecule has 0 bridgehead atoms. The van der Waals surface area contributed by atoms with Crippen LogP contribution in [0, 0.1) is 5.82 Å². The van der Waals surface area contributed by atoms with Gasteiger partial charge in [0, 0.05) is 0 Å². The number of rotatable bonds is 1. The van der Waals surface area contributed by atoms with Crippen LogP contribution in [0.5, 0.6) is 0 Å². The van der Waals surface area contributed by atoms with E-state index in [1.807, 2.05) is 34.6 Å². The van der Waals surface area contributed by atoms with Crippen LogP contribution in [-0.4, -0.2) is 24.5 Å². The Bertz CT molecular complexity index is 671. The zero-order valence-corrected chi connectivity index (χ0v) is 12.4. The normalized spacial score (nSPS) is 26.1. The quantitative estimate of drug-likeness (QED) is 0.709. The van der Waals surface area contributed by atoms with E-state index in [1.54, 1.807) is 6.07 Å². The van der Waals surface area contributed by atoms with Crippen LogP contribution >= 0.6 is 0 Å². The molecule has 0 aliphatic carbocycles. The molecule has 3 rings (SSSR count). The third-order valence-electron chi connectivity index (χ3n) is 4.23. The lowest BCUT2D eigenvalue weighted by molar-refractivity contribution is 0.00578. The van der Waals surface area contributed by atoms with Crippen LogP contribution in [0.15, 0.2) is 22.1 Å². The maximum Gasteiger partial charge on any atom is 0.495 e. The SMILES string of the molecule is CC1N=c2cc(B3OC(C)(C)C(C)(C)O3)cc(F)c2=N1. The van der Waals surface area contributed by atoms with Crippen LogP contribution in [0.1, 0.15) is 34.6 Å². The molecule has 0 spiro atoms. The van der Waals surface area contributed by atoms with Gasteiger partial charge in [0.05, 0.1) is 16.6 Å². The third kappa shape index (κ3) is 1.98. The molecule has 0 aromatic heterocycles. The van der Waals surface area contributed by atoms with E-state index in [1.165, 1.54) is 6.07 Å². The Kier molecular flexibility index (Phi) is 2.82. The first-order valence-corrected chi connectivity index (χ1v) is 6.80. The Labute approximate surface area is 117 Å². The molecule has 20 heavy (non-hydrogen) atoms. The highest BCUT2D eigenvalue weighted by atomic mass is 19.1. The molecule has 2 aliphatic rings. The minimum absolute atomic E-state index is 0.229. The minimum atomic E-state index is -0.578. The zero-order valence-electron chi connectivity index (χ0n) is 12.4. The van der Waals surface area contributed by atoms with Gasteiger partial charge in [-0.1, -0.05) is 0 Å². The smallest absolute Gasteiger partial charge is 0.399 e. The fraction of sp³-hybridized carbons (Fsp3) is 0.571. The van der Waals surface area contributed by atoms with E-state index in [-0.39, 0.29) is 12.0 Å². The van der Waals surface area contributed by atoms with Crippen molar-refractivity contribution in [2.24, 2.45) is 9.98 Å².